The van der Waals surface area contributed by atoms with Crippen molar-refractivity contribution in [1.29, 1.82) is 5.41 Å². The third-order valence-corrected chi connectivity index (χ3v) is 5.73. The van der Waals surface area contributed by atoms with E-state index in [0.29, 0.717) is 22.0 Å². The van der Waals surface area contributed by atoms with Crippen molar-refractivity contribution in [2.75, 3.05) is 19.6 Å². The number of hydrogen-bond acceptors (Lipinski definition) is 4. The molecule has 0 spiro atoms. The molecule has 3 rings (SSSR count). The summed E-state index contributed by atoms with van der Waals surface area (Å²) in [7, 11) is 0. The van der Waals surface area contributed by atoms with Crippen molar-refractivity contribution in [2.24, 2.45) is 0 Å². The van der Waals surface area contributed by atoms with E-state index in [1.165, 1.54) is 0 Å². The first-order valence-corrected chi connectivity index (χ1v) is 10.2. The normalized spacial score (nSPS) is 15.4. The second kappa shape index (κ2) is 9.55. The van der Waals surface area contributed by atoms with Crippen LogP contribution < -0.4 is 4.74 Å². The largest absolute Gasteiger partial charge is 0.490 e. The van der Waals surface area contributed by atoms with E-state index in [9.17, 15) is 4.79 Å². The van der Waals surface area contributed by atoms with E-state index in [-0.39, 0.29) is 17.6 Å². The van der Waals surface area contributed by atoms with E-state index in [1.807, 2.05) is 25.1 Å². The monoisotopic (exact) mass is 418 g/mol. The van der Waals surface area contributed by atoms with Crippen molar-refractivity contribution in [3.63, 3.8) is 0 Å². The first kappa shape index (κ1) is 20.8. The average Bonchev–Trinajstić information content (AvgIpc) is 2.70. The topological polar surface area (TPSA) is 53.4 Å². The maximum atomic E-state index is 12.4. The van der Waals surface area contributed by atoms with E-state index in [1.54, 1.807) is 24.3 Å². The summed E-state index contributed by atoms with van der Waals surface area (Å²) in [6.45, 7) is 4.47. The number of ether oxygens (including phenoxy) is 1. The zero-order chi connectivity index (χ0) is 20.1. The van der Waals surface area contributed by atoms with Gasteiger partial charge in [0.15, 0.2) is 0 Å². The summed E-state index contributed by atoms with van der Waals surface area (Å²) in [6, 6.07) is 12.7. The SMILES string of the molecule is Cc1ccc(C(=O)C(=N)CCN2CCC(Oc3ccc(Cl)c(Cl)c3)CC2)cc1. The van der Waals surface area contributed by atoms with E-state index >= 15 is 0 Å². The van der Waals surface area contributed by atoms with Crippen LogP contribution in [0.1, 0.15) is 35.2 Å². The summed E-state index contributed by atoms with van der Waals surface area (Å²) in [4.78, 5) is 14.6. The Morgan fingerprint density at radius 2 is 1.79 bits per heavy atom. The lowest BCUT2D eigenvalue weighted by Crippen LogP contribution is -2.39. The van der Waals surface area contributed by atoms with Gasteiger partial charge in [0.2, 0.25) is 5.78 Å². The quantitative estimate of drug-likeness (QED) is 0.481. The molecule has 1 saturated heterocycles. The lowest BCUT2D eigenvalue weighted by Gasteiger charge is -2.32. The van der Waals surface area contributed by atoms with Crippen LogP contribution in [0, 0.1) is 12.3 Å². The number of likely N-dealkylation sites (tertiary alicyclic amines) is 1. The molecule has 0 aliphatic carbocycles. The predicted molar refractivity (Wildman–Crippen MR) is 114 cm³/mol. The molecule has 0 radical (unpaired) electrons. The number of Topliss-reactive ketones (excluding diaryl/α,β-unsaturated/α-hetero) is 1. The van der Waals surface area contributed by atoms with Gasteiger partial charge in [-0.15, -0.1) is 0 Å². The molecule has 2 aromatic rings. The van der Waals surface area contributed by atoms with Crippen molar-refractivity contribution in [3.05, 3.63) is 63.6 Å². The van der Waals surface area contributed by atoms with Crippen molar-refractivity contribution in [1.82, 2.24) is 4.90 Å². The lowest BCUT2D eigenvalue weighted by atomic mass is 10.0. The van der Waals surface area contributed by atoms with Crippen molar-refractivity contribution >= 4 is 34.7 Å². The Morgan fingerprint density at radius 1 is 1.11 bits per heavy atom. The number of carbonyl (C=O) groups is 1. The third kappa shape index (κ3) is 5.57. The molecular formula is C22H24Cl2N2O2. The molecule has 0 saturated carbocycles. The molecule has 1 aliphatic heterocycles. The number of nitrogens with one attached hydrogen (secondary N) is 1. The van der Waals surface area contributed by atoms with Gasteiger partial charge in [0.1, 0.15) is 11.9 Å². The third-order valence-electron chi connectivity index (χ3n) is 4.99. The Labute approximate surface area is 175 Å². The van der Waals surface area contributed by atoms with Crippen LogP contribution >= 0.6 is 23.2 Å². The smallest absolute Gasteiger partial charge is 0.206 e. The number of piperidine rings is 1. The average molecular weight is 419 g/mol. The number of carbonyl (C=O) groups excluding carboxylic acids is 1. The number of aryl methyl sites for hydroxylation is 1. The molecule has 0 bridgehead atoms. The van der Waals surface area contributed by atoms with E-state index in [0.717, 1.165) is 43.8 Å². The van der Waals surface area contributed by atoms with Crippen LogP contribution in [-0.2, 0) is 0 Å². The molecule has 4 nitrogen and oxygen atoms in total. The summed E-state index contributed by atoms with van der Waals surface area (Å²) in [6.07, 6.45) is 2.41. The fourth-order valence-electron chi connectivity index (χ4n) is 3.26. The molecule has 0 amide bonds. The molecule has 1 fully saturated rings. The highest BCUT2D eigenvalue weighted by molar-refractivity contribution is 6.45. The highest BCUT2D eigenvalue weighted by Crippen LogP contribution is 2.28. The minimum Gasteiger partial charge on any atom is -0.490 e. The van der Waals surface area contributed by atoms with Gasteiger partial charge in [0, 0.05) is 37.7 Å². The van der Waals surface area contributed by atoms with Gasteiger partial charge in [-0.1, -0.05) is 53.0 Å². The zero-order valence-electron chi connectivity index (χ0n) is 15.9. The minimum absolute atomic E-state index is 0.141. The second-order valence-electron chi connectivity index (χ2n) is 7.16. The molecule has 1 heterocycles. The molecular weight excluding hydrogens is 395 g/mol. The maximum absolute atomic E-state index is 12.4. The van der Waals surface area contributed by atoms with Crippen LogP contribution in [-0.4, -0.2) is 42.1 Å². The Hall–Kier alpha value is -1.88. The van der Waals surface area contributed by atoms with E-state index in [2.05, 4.69) is 4.90 Å². The van der Waals surface area contributed by atoms with Gasteiger partial charge in [0.05, 0.1) is 15.8 Å². The van der Waals surface area contributed by atoms with Crippen molar-refractivity contribution in [3.8, 4) is 5.75 Å². The van der Waals surface area contributed by atoms with E-state index < -0.39 is 0 Å². The Balaban J connectivity index is 1.42. The first-order chi connectivity index (χ1) is 13.4. The summed E-state index contributed by atoms with van der Waals surface area (Å²) >= 11 is 12.0. The standard InChI is InChI=1S/C22H24Cl2N2O2/c1-15-2-4-16(5-3-15)22(27)21(25)10-13-26-11-8-17(9-12-26)28-18-6-7-19(23)20(24)14-18/h2-7,14,17,25H,8-13H2,1H3. The molecule has 148 valence electrons. The van der Waals surface area contributed by atoms with Crippen LogP contribution in [0.5, 0.6) is 5.75 Å². The molecule has 0 atom stereocenters. The van der Waals surface area contributed by atoms with Gasteiger partial charge >= 0.3 is 0 Å². The molecule has 1 aliphatic rings. The fraction of sp³-hybridized carbons (Fsp3) is 0.364. The van der Waals surface area contributed by atoms with E-state index in [4.69, 9.17) is 33.3 Å². The van der Waals surface area contributed by atoms with Gasteiger partial charge in [-0.05, 0) is 31.9 Å². The van der Waals surface area contributed by atoms with Crippen molar-refractivity contribution < 1.29 is 9.53 Å². The van der Waals surface area contributed by atoms with Crippen LogP contribution in [0.3, 0.4) is 0 Å². The van der Waals surface area contributed by atoms with Crippen LogP contribution in [0.2, 0.25) is 10.0 Å². The predicted octanol–water partition coefficient (Wildman–Crippen LogP) is 5.44. The Kier molecular flexibility index (Phi) is 7.11. The summed E-state index contributed by atoms with van der Waals surface area (Å²) in [5, 5.41) is 9.12. The molecule has 2 aromatic carbocycles. The number of nitrogens with zero attached hydrogens (tertiary/aromatic N) is 1. The highest BCUT2D eigenvalue weighted by atomic mass is 35.5. The molecule has 1 N–H and O–H groups in total. The van der Waals surface area contributed by atoms with Gasteiger partial charge in [-0.2, -0.15) is 0 Å². The summed E-state index contributed by atoms with van der Waals surface area (Å²) < 4.78 is 6.00. The lowest BCUT2D eigenvalue weighted by molar-refractivity contribution is 0.100. The van der Waals surface area contributed by atoms with Gasteiger partial charge in [-0.3, -0.25) is 4.79 Å². The summed E-state index contributed by atoms with van der Waals surface area (Å²) in [5.41, 5.74) is 1.86. The summed E-state index contributed by atoms with van der Waals surface area (Å²) in [5.74, 6) is 0.552. The maximum Gasteiger partial charge on any atom is 0.206 e. The second-order valence-corrected chi connectivity index (χ2v) is 7.97. The number of hydrogen-bond donors (Lipinski definition) is 1. The molecule has 0 unspecified atom stereocenters. The molecule has 28 heavy (non-hydrogen) atoms. The Morgan fingerprint density at radius 3 is 2.43 bits per heavy atom. The van der Waals surface area contributed by atoms with Gasteiger partial charge in [0.25, 0.3) is 0 Å². The number of benzene rings is 2. The van der Waals surface area contributed by atoms with Crippen LogP contribution in [0.25, 0.3) is 0 Å². The van der Waals surface area contributed by atoms with Crippen molar-refractivity contribution in [2.45, 2.75) is 32.3 Å². The van der Waals surface area contributed by atoms with Gasteiger partial charge in [-0.25, -0.2) is 0 Å². The highest BCUT2D eigenvalue weighted by Gasteiger charge is 2.22. The number of rotatable bonds is 7. The number of halogens is 2. The van der Waals surface area contributed by atoms with Crippen LogP contribution in [0.4, 0.5) is 0 Å². The van der Waals surface area contributed by atoms with Gasteiger partial charge < -0.3 is 15.0 Å². The molecule has 0 aromatic heterocycles. The zero-order valence-corrected chi connectivity index (χ0v) is 17.4. The fourth-order valence-corrected chi connectivity index (χ4v) is 3.54. The number of ketones is 1. The first-order valence-electron chi connectivity index (χ1n) is 9.45. The minimum atomic E-state index is -0.183. The Bertz CT molecular complexity index is 844. The van der Waals surface area contributed by atoms with Crippen LogP contribution in [0.15, 0.2) is 42.5 Å². The molecule has 6 heteroatoms.